The molecule has 3 N–H and O–H groups in total. The molecule has 0 aliphatic carbocycles. The molecular formula is C12H22N2O3. The summed E-state index contributed by atoms with van der Waals surface area (Å²) in [6, 6.07) is -1.03. The Bertz CT molecular complexity index is 291. The van der Waals surface area contributed by atoms with Crippen LogP contribution >= 0.6 is 0 Å². The number of carboxylic acid groups (broad SMARTS) is 1. The van der Waals surface area contributed by atoms with Crippen molar-refractivity contribution >= 4 is 11.9 Å². The lowest BCUT2D eigenvalue weighted by Gasteiger charge is -2.21. The summed E-state index contributed by atoms with van der Waals surface area (Å²) in [7, 11) is 0. The lowest BCUT2D eigenvalue weighted by Crippen LogP contribution is -2.50. The fourth-order valence-electron chi connectivity index (χ4n) is 2.14. The molecule has 1 heterocycles. The first-order valence-corrected chi connectivity index (χ1v) is 6.18. The van der Waals surface area contributed by atoms with Crippen molar-refractivity contribution in [2.75, 3.05) is 6.54 Å². The average molecular weight is 242 g/mol. The van der Waals surface area contributed by atoms with Gasteiger partial charge in [-0.3, -0.25) is 4.79 Å². The summed E-state index contributed by atoms with van der Waals surface area (Å²) in [5.41, 5.74) is 0. The summed E-state index contributed by atoms with van der Waals surface area (Å²) in [5.74, 6) is -0.644. The van der Waals surface area contributed by atoms with Gasteiger partial charge in [0.25, 0.3) is 0 Å². The minimum Gasteiger partial charge on any atom is -0.480 e. The Morgan fingerprint density at radius 2 is 2.12 bits per heavy atom. The number of hydrogen-bond acceptors (Lipinski definition) is 3. The minimum atomic E-state index is -0.960. The zero-order chi connectivity index (χ0) is 13.0. The highest BCUT2D eigenvalue weighted by atomic mass is 16.4. The van der Waals surface area contributed by atoms with E-state index in [4.69, 9.17) is 5.11 Å². The highest BCUT2D eigenvalue weighted by Crippen LogP contribution is 2.15. The van der Waals surface area contributed by atoms with Gasteiger partial charge in [0, 0.05) is 0 Å². The fourth-order valence-corrected chi connectivity index (χ4v) is 2.14. The Morgan fingerprint density at radius 1 is 1.47 bits per heavy atom. The highest BCUT2D eigenvalue weighted by Gasteiger charge is 2.32. The van der Waals surface area contributed by atoms with Gasteiger partial charge in [0.05, 0.1) is 6.04 Å². The third-order valence-electron chi connectivity index (χ3n) is 3.14. The van der Waals surface area contributed by atoms with Crippen molar-refractivity contribution in [3.63, 3.8) is 0 Å². The second kappa shape index (κ2) is 6.00. The zero-order valence-electron chi connectivity index (χ0n) is 10.7. The van der Waals surface area contributed by atoms with Crippen LogP contribution < -0.4 is 10.6 Å². The van der Waals surface area contributed by atoms with Gasteiger partial charge in [-0.25, -0.2) is 4.79 Å². The molecule has 0 aromatic heterocycles. The van der Waals surface area contributed by atoms with E-state index in [1.165, 1.54) is 0 Å². The van der Waals surface area contributed by atoms with E-state index in [0.717, 1.165) is 13.0 Å². The normalized spacial score (nSPS) is 25.9. The van der Waals surface area contributed by atoms with E-state index in [-0.39, 0.29) is 23.8 Å². The van der Waals surface area contributed by atoms with Gasteiger partial charge in [0.15, 0.2) is 0 Å². The molecule has 1 saturated heterocycles. The van der Waals surface area contributed by atoms with E-state index in [1.807, 2.05) is 20.8 Å². The molecule has 3 unspecified atom stereocenters. The standard InChI is InChI=1S/C12H22N2O3/c1-7(2)6-9(12(16)17)14-11(15)10-8(3)4-5-13-10/h7-10,13H,4-6H2,1-3H3,(H,14,15)(H,16,17). The summed E-state index contributed by atoms with van der Waals surface area (Å²) in [6.07, 6.45) is 1.42. The van der Waals surface area contributed by atoms with Crippen LogP contribution in [-0.2, 0) is 9.59 Å². The monoisotopic (exact) mass is 242 g/mol. The van der Waals surface area contributed by atoms with Crippen molar-refractivity contribution < 1.29 is 14.7 Å². The molecule has 0 spiro atoms. The Balaban J connectivity index is 2.54. The second-order valence-electron chi connectivity index (χ2n) is 5.23. The van der Waals surface area contributed by atoms with Gasteiger partial charge >= 0.3 is 5.97 Å². The van der Waals surface area contributed by atoms with Crippen LogP contribution in [-0.4, -0.2) is 35.6 Å². The Labute approximate surface area is 102 Å². The SMILES string of the molecule is CC(C)CC(NC(=O)C1NCCC1C)C(=O)O. The molecule has 1 amide bonds. The number of nitrogens with one attached hydrogen (secondary N) is 2. The first kappa shape index (κ1) is 14.0. The summed E-state index contributed by atoms with van der Waals surface area (Å²) < 4.78 is 0. The zero-order valence-corrected chi connectivity index (χ0v) is 10.7. The molecule has 0 aromatic rings. The van der Waals surface area contributed by atoms with Crippen LogP contribution in [0.4, 0.5) is 0 Å². The topological polar surface area (TPSA) is 78.4 Å². The third-order valence-corrected chi connectivity index (χ3v) is 3.14. The fraction of sp³-hybridized carbons (Fsp3) is 0.833. The Kier molecular flexibility index (Phi) is 4.93. The van der Waals surface area contributed by atoms with Crippen molar-refractivity contribution in [1.82, 2.24) is 10.6 Å². The molecule has 98 valence electrons. The molecule has 5 heteroatoms. The van der Waals surface area contributed by atoms with Crippen molar-refractivity contribution in [3.8, 4) is 0 Å². The van der Waals surface area contributed by atoms with E-state index in [0.29, 0.717) is 6.42 Å². The molecule has 0 saturated carbocycles. The smallest absolute Gasteiger partial charge is 0.326 e. The van der Waals surface area contributed by atoms with Gasteiger partial charge in [-0.1, -0.05) is 20.8 Å². The van der Waals surface area contributed by atoms with Crippen molar-refractivity contribution in [1.29, 1.82) is 0 Å². The predicted molar refractivity (Wildman–Crippen MR) is 64.6 cm³/mol. The molecule has 17 heavy (non-hydrogen) atoms. The predicted octanol–water partition coefficient (Wildman–Crippen LogP) is 0.600. The number of carboxylic acids is 1. The second-order valence-corrected chi connectivity index (χ2v) is 5.23. The quantitative estimate of drug-likeness (QED) is 0.659. The summed E-state index contributed by atoms with van der Waals surface area (Å²) in [4.78, 5) is 22.9. The molecule has 5 nitrogen and oxygen atoms in total. The third kappa shape index (κ3) is 4.00. The van der Waals surface area contributed by atoms with Crippen LogP contribution in [0.3, 0.4) is 0 Å². The van der Waals surface area contributed by atoms with Crippen molar-refractivity contribution in [3.05, 3.63) is 0 Å². The first-order valence-electron chi connectivity index (χ1n) is 6.18. The lowest BCUT2D eigenvalue weighted by molar-refractivity contribution is -0.142. The number of carbonyl (C=O) groups is 2. The van der Waals surface area contributed by atoms with Gasteiger partial charge in [-0.05, 0) is 31.2 Å². The average Bonchev–Trinajstić information content (AvgIpc) is 2.62. The largest absolute Gasteiger partial charge is 0.480 e. The molecule has 3 atom stereocenters. The van der Waals surface area contributed by atoms with Crippen molar-refractivity contribution in [2.45, 2.75) is 45.7 Å². The number of hydrogen-bond donors (Lipinski definition) is 3. The van der Waals surface area contributed by atoms with Crippen LogP contribution in [0, 0.1) is 11.8 Å². The van der Waals surface area contributed by atoms with Crippen LogP contribution in [0.15, 0.2) is 0 Å². The molecule has 0 aromatic carbocycles. The summed E-state index contributed by atoms with van der Waals surface area (Å²) in [6.45, 7) is 6.71. The molecule has 0 bridgehead atoms. The molecular weight excluding hydrogens is 220 g/mol. The Morgan fingerprint density at radius 3 is 2.53 bits per heavy atom. The maximum absolute atomic E-state index is 11.9. The number of rotatable bonds is 5. The van der Waals surface area contributed by atoms with Crippen molar-refractivity contribution in [2.24, 2.45) is 11.8 Å². The van der Waals surface area contributed by atoms with E-state index in [2.05, 4.69) is 10.6 Å². The van der Waals surface area contributed by atoms with Crippen LogP contribution in [0.25, 0.3) is 0 Å². The van der Waals surface area contributed by atoms with Gasteiger partial charge in [-0.15, -0.1) is 0 Å². The summed E-state index contributed by atoms with van der Waals surface area (Å²) >= 11 is 0. The van der Waals surface area contributed by atoms with Gasteiger partial charge in [-0.2, -0.15) is 0 Å². The van der Waals surface area contributed by atoms with E-state index in [9.17, 15) is 9.59 Å². The molecule has 1 aliphatic rings. The van der Waals surface area contributed by atoms with Crippen LogP contribution in [0.1, 0.15) is 33.6 Å². The molecule has 1 aliphatic heterocycles. The first-order chi connectivity index (χ1) is 7.91. The van der Waals surface area contributed by atoms with E-state index < -0.39 is 12.0 Å². The molecule has 0 radical (unpaired) electrons. The number of amides is 1. The van der Waals surface area contributed by atoms with Crippen LogP contribution in [0.2, 0.25) is 0 Å². The highest BCUT2D eigenvalue weighted by molar-refractivity contribution is 5.87. The lowest BCUT2D eigenvalue weighted by atomic mass is 10.0. The van der Waals surface area contributed by atoms with Crippen LogP contribution in [0.5, 0.6) is 0 Å². The van der Waals surface area contributed by atoms with E-state index >= 15 is 0 Å². The molecule has 1 rings (SSSR count). The number of aliphatic carboxylic acids is 1. The Hall–Kier alpha value is -1.10. The van der Waals surface area contributed by atoms with Gasteiger partial charge in [0.1, 0.15) is 6.04 Å². The number of carbonyl (C=O) groups excluding carboxylic acids is 1. The summed E-state index contributed by atoms with van der Waals surface area (Å²) in [5, 5.41) is 14.8. The van der Waals surface area contributed by atoms with E-state index in [1.54, 1.807) is 0 Å². The molecule has 1 fully saturated rings. The minimum absolute atomic E-state index is 0.192. The van der Waals surface area contributed by atoms with Gasteiger partial charge < -0.3 is 15.7 Å². The van der Waals surface area contributed by atoms with Gasteiger partial charge in [0.2, 0.25) is 5.91 Å². The maximum atomic E-state index is 11.9. The maximum Gasteiger partial charge on any atom is 0.326 e.